The number of aryl methyl sites for hydroxylation is 1. The van der Waals surface area contributed by atoms with Gasteiger partial charge in [0.05, 0.1) is 22.3 Å². The normalized spacial score (nSPS) is 9.96. The molecule has 4 rings (SSSR count). The van der Waals surface area contributed by atoms with Crippen molar-refractivity contribution in [1.29, 1.82) is 0 Å². The van der Waals surface area contributed by atoms with E-state index in [-0.39, 0.29) is 5.88 Å². The van der Waals surface area contributed by atoms with Crippen molar-refractivity contribution in [3.8, 4) is 17.1 Å². The highest BCUT2D eigenvalue weighted by Gasteiger charge is 2.18. The average molecular weight is 335 g/mol. The van der Waals surface area contributed by atoms with E-state index < -0.39 is 0 Å². The zero-order chi connectivity index (χ0) is 18.4. The smallest absolute Gasteiger partial charge is 0.201 e. The van der Waals surface area contributed by atoms with Crippen LogP contribution in [-0.4, -0.2) is 19.6 Å². The Labute approximate surface area is 148 Å². The maximum atomic E-state index is 10.5. The van der Waals surface area contributed by atoms with Gasteiger partial charge in [-0.05, 0) is 12.1 Å². The van der Waals surface area contributed by atoms with Crippen molar-refractivity contribution in [1.82, 2.24) is 14.5 Å². The molecule has 0 fully saturated rings. The number of rotatable bonds is 1. The van der Waals surface area contributed by atoms with Crippen molar-refractivity contribution in [2.24, 2.45) is 7.05 Å². The van der Waals surface area contributed by atoms with Gasteiger partial charge in [0, 0.05) is 17.8 Å². The zero-order valence-corrected chi connectivity index (χ0v) is 15.5. The van der Waals surface area contributed by atoms with Crippen LogP contribution in [0.3, 0.4) is 0 Å². The van der Waals surface area contributed by atoms with Gasteiger partial charge in [0.25, 0.3) is 0 Å². The number of aromatic hydroxyl groups is 1. The third-order valence-electron chi connectivity index (χ3n) is 3.86. The number of benzene rings is 2. The van der Waals surface area contributed by atoms with E-state index in [4.69, 9.17) is 0 Å². The van der Waals surface area contributed by atoms with Gasteiger partial charge in [-0.25, -0.2) is 9.97 Å². The lowest BCUT2D eigenvalue weighted by atomic mass is 10.1. The molecule has 0 aliphatic heterocycles. The number of hydrogen-bond acceptors (Lipinski definition) is 3. The maximum absolute atomic E-state index is 10.5. The second kappa shape index (κ2) is 8.29. The highest BCUT2D eigenvalue weighted by atomic mass is 16.3. The van der Waals surface area contributed by atoms with Gasteiger partial charge in [-0.2, -0.15) is 0 Å². The van der Waals surface area contributed by atoms with Crippen molar-refractivity contribution in [3.63, 3.8) is 0 Å². The van der Waals surface area contributed by atoms with Crippen LogP contribution in [0.1, 0.15) is 27.7 Å². The molecule has 0 unspecified atom stereocenters. The summed E-state index contributed by atoms with van der Waals surface area (Å²) in [7, 11) is 1.85. The van der Waals surface area contributed by atoms with Crippen LogP contribution in [-0.2, 0) is 7.05 Å². The molecule has 0 aliphatic rings. The Hall–Kier alpha value is -2.88. The van der Waals surface area contributed by atoms with Crippen LogP contribution in [0.4, 0.5) is 0 Å². The van der Waals surface area contributed by atoms with E-state index in [2.05, 4.69) is 9.97 Å². The molecule has 0 radical (unpaired) electrons. The maximum Gasteiger partial charge on any atom is 0.201 e. The molecule has 4 heteroatoms. The lowest BCUT2D eigenvalue weighted by molar-refractivity contribution is 0.437. The molecule has 2 aromatic heterocycles. The minimum absolute atomic E-state index is 0.222. The average Bonchev–Trinajstić information content (AvgIpc) is 2.95. The lowest BCUT2D eigenvalue weighted by Gasteiger charge is -2.04. The number of hydrogen-bond donors (Lipinski definition) is 1. The van der Waals surface area contributed by atoms with E-state index in [1.807, 2.05) is 83.3 Å². The van der Waals surface area contributed by atoms with Gasteiger partial charge in [-0.3, -0.25) is 0 Å². The summed E-state index contributed by atoms with van der Waals surface area (Å²) in [5.41, 5.74) is 3.36. The molecular formula is C21H25N3O. The molecule has 0 amide bonds. The van der Waals surface area contributed by atoms with E-state index >= 15 is 0 Å². The summed E-state index contributed by atoms with van der Waals surface area (Å²) in [5.74, 6) is 0.222. The van der Waals surface area contributed by atoms with Gasteiger partial charge in [0.1, 0.15) is 6.33 Å². The van der Waals surface area contributed by atoms with Crippen LogP contribution in [0.5, 0.6) is 5.88 Å². The Bertz CT molecular complexity index is 968. The Morgan fingerprint density at radius 1 is 0.800 bits per heavy atom. The largest absolute Gasteiger partial charge is 0.494 e. The molecule has 1 N–H and O–H groups in total. The Morgan fingerprint density at radius 3 is 2.12 bits per heavy atom. The molecule has 0 atom stereocenters. The highest BCUT2D eigenvalue weighted by molar-refractivity contribution is 6.05. The summed E-state index contributed by atoms with van der Waals surface area (Å²) in [6, 6.07) is 15.7. The fourth-order valence-corrected chi connectivity index (χ4v) is 2.82. The Kier molecular flexibility index (Phi) is 6.12. The molecule has 0 aliphatic carbocycles. The molecule has 4 nitrogen and oxygen atoms in total. The summed E-state index contributed by atoms with van der Waals surface area (Å²) in [5, 5.41) is 12.5. The van der Waals surface area contributed by atoms with Crippen LogP contribution < -0.4 is 0 Å². The van der Waals surface area contributed by atoms with Gasteiger partial charge >= 0.3 is 0 Å². The monoisotopic (exact) mass is 335 g/mol. The van der Waals surface area contributed by atoms with Crippen molar-refractivity contribution >= 4 is 21.8 Å². The van der Waals surface area contributed by atoms with Crippen molar-refractivity contribution in [3.05, 3.63) is 54.9 Å². The van der Waals surface area contributed by atoms with Crippen LogP contribution in [0.15, 0.2) is 54.9 Å². The van der Waals surface area contributed by atoms with E-state index in [0.29, 0.717) is 0 Å². The first-order valence-electron chi connectivity index (χ1n) is 8.74. The van der Waals surface area contributed by atoms with Crippen LogP contribution in [0.2, 0.25) is 0 Å². The third-order valence-corrected chi connectivity index (χ3v) is 3.86. The summed E-state index contributed by atoms with van der Waals surface area (Å²) in [6.45, 7) is 8.00. The first-order valence-corrected chi connectivity index (χ1v) is 8.74. The number of para-hydroxylation sites is 2. The van der Waals surface area contributed by atoms with E-state index in [0.717, 1.165) is 33.1 Å². The first-order chi connectivity index (χ1) is 12.3. The summed E-state index contributed by atoms with van der Waals surface area (Å²) in [6.07, 6.45) is 1.54. The molecule has 4 aromatic rings. The topological polar surface area (TPSA) is 50.9 Å². The zero-order valence-electron chi connectivity index (χ0n) is 15.5. The SMILES string of the molecule is CC.CC.Cn1c(O)c(-c2ncnc3ccccc23)c2ccccc21. The van der Waals surface area contributed by atoms with E-state index in [1.54, 1.807) is 10.9 Å². The molecule has 25 heavy (non-hydrogen) atoms. The van der Waals surface area contributed by atoms with Crippen molar-refractivity contribution in [2.45, 2.75) is 27.7 Å². The molecule has 0 bridgehead atoms. The first kappa shape index (κ1) is 18.5. The highest BCUT2D eigenvalue weighted by Crippen LogP contribution is 2.39. The second-order valence-electron chi connectivity index (χ2n) is 5.01. The standard InChI is InChI=1S/C17H13N3O.2C2H6/c1-20-14-9-5-3-7-12(14)15(17(20)21)16-11-6-2-4-8-13(11)18-10-19-16;2*1-2/h2-10,21H,1H3;2*1-2H3. The lowest BCUT2D eigenvalue weighted by Crippen LogP contribution is -1.89. The second-order valence-corrected chi connectivity index (χ2v) is 5.01. The van der Waals surface area contributed by atoms with Gasteiger partial charge in [-0.15, -0.1) is 0 Å². The van der Waals surface area contributed by atoms with Gasteiger partial charge in [0.2, 0.25) is 5.88 Å². The van der Waals surface area contributed by atoms with Gasteiger partial charge < -0.3 is 9.67 Å². The van der Waals surface area contributed by atoms with Crippen LogP contribution in [0.25, 0.3) is 33.1 Å². The minimum atomic E-state index is 0.222. The van der Waals surface area contributed by atoms with Crippen molar-refractivity contribution in [2.75, 3.05) is 0 Å². The number of fused-ring (bicyclic) bond motifs is 2. The molecular weight excluding hydrogens is 310 g/mol. The summed E-state index contributed by atoms with van der Waals surface area (Å²) < 4.78 is 1.78. The predicted molar refractivity (Wildman–Crippen MR) is 106 cm³/mol. The van der Waals surface area contributed by atoms with Gasteiger partial charge in [0.15, 0.2) is 0 Å². The minimum Gasteiger partial charge on any atom is -0.494 e. The third kappa shape index (κ3) is 3.20. The van der Waals surface area contributed by atoms with Crippen LogP contribution >= 0.6 is 0 Å². The summed E-state index contributed by atoms with van der Waals surface area (Å²) >= 11 is 0. The fourth-order valence-electron chi connectivity index (χ4n) is 2.82. The van der Waals surface area contributed by atoms with Gasteiger partial charge in [-0.1, -0.05) is 64.1 Å². The summed E-state index contributed by atoms with van der Waals surface area (Å²) in [4.78, 5) is 8.70. The Balaban J connectivity index is 0.000000528. The number of nitrogens with zero attached hydrogens (tertiary/aromatic N) is 3. The van der Waals surface area contributed by atoms with Crippen molar-refractivity contribution < 1.29 is 5.11 Å². The molecule has 130 valence electrons. The van der Waals surface area contributed by atoms with E-state index in [9.17, 15) is 5.11 Å². The molecule has 2 aromatic carbocycles. The molecule has 0 saturated carbocycles. The number of aromatic nitrogens is 3. The Morgan fingerprint density at radius 2 is 1.40 bits per heavy atom. The molecule has 0 saturated heterocycles. The molecule has 0 spiro atoms. The van der Waals surface area contributed by atoms with E-state index in [1.165, 1.54) is 0 Å². The molecule has 2 heterocycles. The quantitative estimate of drug-likeness (QED) is 0.496. The predicted octanol–water partition coefficient (Wildman–Crippen LogP) is 5.55. The van der Waals surface area contributed by atoms with Crippen LogP contribution in [0, 0.1) is 0 Å². The fraction of sp³-hybridized carbons (Fsp3) is 0.238.